The highest BCUT2D eigenvalue weighted by molar-refractivity contribution is 6.30. The Kier molecular flexibility index (Phi) is 4.30. The van der Waals surface area contributed by atoms with Crippen LogP contribution in [0.4, 0.5) is 11.5 Å². The van der Waals surface area contributed by atoms with E-state index in [-0.39, 0.29) is 0 Å². The molecule has 4 aromatic rings. The number of fused-ring (bicyclic) bond motifs is 3. The van der Waals surface area contributed by atoms with Crippen molar-refractivity contribution < 1.29 is 4.40 Å². The van der Waals surface area contributed by atoms with E-state index >= 15 is 0 Å². The third-order valence-corrected chi connectivity index (χ3v) is 5.99. The lowest BCUT2D eigenvalue weighted by atomic mass is 10.1. The van der Waals surface area contributed by atoms with Gasteiger partial charge in [-0.25, -0.2) is 0 Å². The quantitative estimate of drug-likeness (QED) is 0.514. The van der Waals surface area contributed by atoms with Gasteiger partial charge >= 0.3 is 0 Å². The molecule has 0 bridgehead atoms. The molecule has 1 fully saturated rings. The smallest absolute Gasteiger partial charge is 0.250 e. The number of nitrogens with one attached hydrogen (secondary N) is 1. The van der Waals surface area contributed by atoms with Gasteiger partial charge in [0.05, 0.1) is 13.1 Å². The van der Waals surface area contributed by atoms with Crippen LogP contribution in [0.1, 0.15) is 11.1 Å². The largest absolute Gasteiger partial charge is 0.365 e. The summed E-state index contributed by atoms with van der Waals surface area (Å²) in [5, 5.41) is 10.5. The first-order valence-electron chi connectivity index (χ1n) is 9.77. The molecule has 5 nitrogen and oxygen atoms in total. The molecule has 1 aliphatic rings. The number of hydrogen-bond donors (Lipinski definition) is 1. The number of aryl methyl sites for hydroxylation is 1. The number of hydrogen-bond acceptors (Lipinski definition) is 3. The molecule has 0 radical (unpaired) electrons. The van der Waals surface area contributed by atoms with Gasteiger partial charge in [-0.05, 0) is 48.9 Å². The zero-order valence-electron chi connectivity index (χ0n) is 16.2. The molecule has 5 rings (SSSR count). The van der Waals surface area contributed by atoms with Crippen molar-refractivity contribution in [2.45, 2.75) is 6.92 Å². The predicted octanol–water partition coefficient (Wildman–Crippen LogP) is 4.07. The normalized spacial score (nSPS) is 14.5. The van der Waals surface area contributed by atoms with E-state index in [0.717, 1.165) is 59.3 Å². The molecule has 0 aliphatic carbocycles. The monoisotopic (exact) mass is 402 g/mol. The average Bonchev–Trinajstić information content (AvgIpc) is 3.13. The molecule has 1 saturated heterocycles. The Morgan fingerprint density at radius 3 is 2.41 bits per heavy atom. The van der Waals surface area contributed by atoms with Crippen LogP contribution >= 0.6 is 11.6 Å². The van der Waals surface area contributed by atoms with Gasteiger partial charge in [0.1, 0.15) is 22.7 Å². The van der Waals surface area contributed by atoms with E-state index < -0.39 is 0 Å². The molecular weight excluding hydrogens is 382 g/mol. The number of anilines is 2. The zero-order valence-corrected chi connectivity index (χ0v) is 16.9. The highest BCUT2D eigenvalue weighted by Crippen LogP contribution is 2.25. The summed E-state index contributed by atoms with van der Waals surface area (Å²) < 4.78 is 2.19. The van der Waals surface area contributed by atoms with Gasteiger partial charge in [-0.2, -0.15) is 9.66 Å². The van der Waals surface area contributed by atoms with Crippen molar-refractivity contribution in [1.82, 2.24) is 4.98 Å². The van der Waals surface area contributed by atoms with Crippen LogP contribution in [-0.2, 0) is 0 Å². The highest BCUT2D eigenvalue weighted by Gasteiger charge is 2.27. The molecule has 0 atom stereocenters. The summed E-state index contributed by atoms with van der Waals surface area (Å²) in [6.45, 7) is 5.71. The van der Waals surface area contributed by atoms with Gasteiger partial charge in [-0.15, -0.1) is 0 Å². The molecular formula is C23H21ClN5+. The van der Waals surface area contributed by atoms with Crippen molar-refractivity contribution >= 4 is 39.8 Å². The van der Waals surface area contributed by atoms with E-state index in [0.29, 0.717) is 5.56 Å². The molecule has 144 valence electrons. The van der Waals surface area contributed by atoms with E-state index in [1.165, 1.54) is 5.69 Å². The van der Waals surface area contributed by atoms with E-state index in [1.807, 2.05) is 31.2 Å². The van der Waals surface area contributed by atoms with Crippen LogP contribution in [-0.4, -0.2) is 31.2 Å². The maximum absolute atomic E-state index is 9.71. The van der Waals surface area contributed by atoms with Gasteiger partial charge in [0.2, 0.25) is 11.5 Å². The second-order valence-corrected chi connectivity index (χ2v) is 7.89. The molecule has 6 heteroatoms. The van der Waals surface area contributed by atoms with Crippen molar-refractivity contribution in [3.63, 3.8) is 0 Å². The summed E-state index contributed by atoms with van der Waals surface area (Å²) in [5.41, 5.74) is 5.89. The van der Waals surface area contributed by atoms with Gasteiger partial charge in [0.25, 0.3) is 0 Å². The lowest BCUT2D eigenvalue weighted by molar-refractivity contribution is -0.467. The van der Waals surface area contributed by atoms with Crippen LogP contribution in [0.2, 0.25) is 5.02 Å². The van der Waals surface area contributed by atoms with Gasteiger partial charge in [0.15, 0.2) is 0 Å². The van der Waals surface area contributed by atoms with Crippen molar-refractivity contribution in [2.75, 3.05) is 36.0 Å². The molecule has 3 heterocycles. The fourth-order valence-electron chi connectivity index (χ4n) is 4.23. The lowest BCUT2D eigenvalue weighted by Crippen LogP contribution is -2.49. The lowest BCUT2D eigenvalue weighted by Gasteiger charge is -2.34. The topological polar surface area (TPSA) is 50.2 Å². The predicted molar refractivity (Wildman–Crippen MR) is 117 cm³/mol. The fourth-order valence-corrected chi connectivity index (χ4v) is 4.35. The van der Waals surface area contributed by atoms with Crippen molar-refractivity contribution in [1.29, 1.82) is 5.26 Å². The molecule has 2 aromatic heterocycles. The van der Waals surface area contributed by atoms with Gasteiger partial charge in [0, 0.05) is 29.9 Å². The number of benzene rings is 2. The molecule has 29 heavy (non-hydrogen) atoms. The maximum Gasteiger partial charge on any atom is 0.250 e. The summed E-state index contributed by atoms with van der Waals surface area (Å²) in [6, 6.07) is 20.8. The van der Waals surface area contributed by atoms with Crippen molar-refractivity contribution in [3.05, 3.63) is 70.7 Å². The SMILES string of the molecule is Cc1cc(N2CCN(c3ccc(Cl)cc3)CC2)[n+]2c([nH]c3ccccc32)c1C#N. The third-order valence-electron chi connectivity index (χ3n) is 5.73. The number of halogens is 1. The molecule has 0 unspecified atom stereocenters. The van der Waals surface area contributed by atoms with Crippen LogP contribution < -0.4 is 14.2 Å². The molecule has 0 spiro atoms. The zero-order chi connectivity index (χ0) is 20.0. The Labute approximate surface area is 174 Å². The molecule has 1 N–H and O–H groups in total. The summed E-state index contributed by atoms with van der Waals surface area (Å²) in [7, 11) is 0. The van der Waals surface area contributed by atoms with Crippen LogP contribution in [0.25, 0.3) is 16.7 Å². The first kappa shape index (κ1) is 17.8. The number of rotatable bonds is 2. The number of piperazine rings is 1. The number of aromatic nitrogens is 2. The van der Waals surface area contributed by atoms with Crippen LogP contribution in [0, 0.1) is 18.3 Å². The van der Waals surface area contributed by atoms with E-state index in [9.17, 15) is 5.26 Å². The minimum absolute atomic E-state index is 0.699. The average molecular weight is 403 g/mol. The maximum atomic E-state index is 9.71. The number of nitrogens with zero attached hydrogens (tertiary/aromatic N) is 4. The Morgan fingerprint density at radius 1 is 1.00 bits per heavy atom. The Hall–Kier alpha value is -3.23. The summed E-state index contributed by atoms with van der Waals surface area (Å²) in [5.74, 6) is 1.13. The van der Waals surface area contributed by atoms with E-state index in [4.69, 9.17) is 11.6 Å². The van der Waals surface area contributed by atoms with Gasteiger partial charge in [-0.3, -0.25) is 9.88 Å². The molecule has 2 aromatic carbocycles. The fraction of sp³-hybridized carbons (Fsp3) is 0.217. The Morgan fingerprint density at radius 2 is 1.69 bits per heavy atom. The number of aromatic amines is 1. The van der Waals surface area contributed by atoms with E-state index in [1.54, 1.807) is 0 Å². The molecule has 0 amide bonds. The Balaban J connectivity index is 1.54. The van der Waals surface area contributed by atoms with Crippen LogP contribution in [0.5, 0.6) is 0 Å². The molecule has 0 saturated carbocycles. The van der Waals surface area contributed by atoms with Crippen molar-refractivity contribution in [2.24, 2.45) is 0 Å². The second kappa shape index (κ2) is 6.98. The summed E-state index contributed by atoms with van der Waals surface area (Å²) in [4.78, 5) is 8.25. The van der Waals surface area contributed by atoms with Crippen LogP contribution in [0.15, 0.2) is 54.6 Å². The van der Waals surface area contributed by atoms with Gasteiger partial charge < -0.3 is 4.90 Å². The number of imidazole rings is 1. The number of nitriles is 1. The Bertz CT molecular complexity index is 1240. The minimum atomic E-state index is 0.699. The van der Waals surface area contributed by atoms with E-state index in [2.05, 4.69) is 55.6 Å². The first-order chi connectivity index (χ1) is 14.2. The van der Waals surface area contributed by atoms with Crippen LogP contribution in [0.3, 0.4) is 0 Å². The standard InChI is InChI=1S/C23H20ClN5/c1-16-14-22(28-12-10-27(11-13-28)18-8-6-17(24)7-9-18)29-21-5-3-2-4-20(21)26-23(29)19(16)15-25/h2-9,14H,10-13H2,1H3/p+1. The third kappa shape index (κ3) is 2.97. The second-order valence-electron chi connectivity index (χ2n) is 7.45. The molecule has 1 aliphatic heterocycles. The number of para-hydroxylation sites is 2. The summed E-state index contributed by atoms with van der Waals surface area (Å²) >= 11 is 6.03. The first-order valence-corrected chi connectivity index (χ1v) is 10.1. The number of H-pyrrole nitrogens is 1. The minimum Gasteiger partial charge on any atom is -0.365 e. The summed E-state index contributed by atoms with van der Waals surface area (Å²) in [6.07, 6.45) is 0. The van der Waals surface area contributed by atoms with Gasteiger partial charge in [-0.1, -0.05) is 23.7 Å². The highest BCUT2D eigenvalue weighted by atomic mass is 35.5. The van der Waals surface area contributed by atoms with Crippen molar-refractivity contribution in [3.8, 4) is 6.07 Å². The number of pyridine rings is 1.